The summed E-state index contributed by atoms with van der Waals surface area (Å²) in [5, 5.41) is 8.70. The molecular formula is C16H20N4O. The van der Waals surface area contributed by atoms with Crippen LogP contribution in [0, 0.1) is 6.92 Å². The van der Waals surface area contributed by atoms with Crippen molar-refractivity contribution >= 4 is 17.5 Å². The normalized spacial score (nSPS) is 11.8. The van der Waals surface area contributed by atoms with Crippen molar-refractivity contribution in [1.29, 1.82) is 0 Å². The largest absolute Gasteiger partial charge is 0.324 e. The average Bonchev–Trinajstić information content (AvgIpc) is 2.46. The number of anilines is 2. The van der Waals surface area contributed by atoms with Gasteiger partial charge in [-0.15, -0.1) is 0 Å². The first-order valence-electron chi connectivity index (χ1n) is 6.86. The molecule has 0 aliphatic heterocycles. The Bertz CT molecular complexity index is 627. The number of nitrogens with zero attached hydrogens (tertiary/aromatic N) is 1. The highest BCUT2D eigenvalue weighted by Gasteiger charge is 2.06. The zero-order valence-corrected chi connectivity index (χ0v) is 12.5. The Balaban J connectivity index is 2.02. The number of hydrogen-bond acceptors (Lipinski definition) is 3. The van der Waals surface area contributed by atoms with Gasteiger partial charge in [-0.3, -0.25) is 5.32 Å². The van der Waals surface area contributed by atoms with Gasteiger partial charge in [0.15, 0.2) is 0 Å². The monoisotopic (exact) mass is 284 g/mol. The van der Waals surface area contributed by atoms with E-state index in [2.05, 4.69) is 27.9 Å². The van der Waals surface area contributed by atoms with Crippen molar-refractivity contribution in [1.82, 2.24) is 10.3 Å². The Morgan fingerprint density at radius 1 is 1.19 bits per heavy atom. The van der Waals surface area contributed by atoms with Crippen LogP contribution in [0.5, 0.6) is 0 Å². The fourth-order valence-corrected chi connectivity index (χ4v) is 1.94. The van der Waals surface area contributed by atoms with Crippen LogP contribution >= 0.6 is 0 Å². The summed E-state index contributed by atoms with van der Waals surface area (Å²) in [5.74, 6) is 0.534. The number of aromatic nitrogens is 1. The van der Waals surface area contributed by atoms with Gasteiger partial charge in [0.1, 0.15) is 5.82 Å². The van der Waals surface area contributed by atoms with Gasteiger partial charge in [-0.05, 0) is 56.3 Å². The van der Waals surface area contributed by atoms with Gasteiger partial charge in [-0.2, -0.15) is 0 Å². The minimum Gasteiger partial charge on any atom is -0.313 e. The van der Waals surface area contributed by atoms with Crippen molar-refractivity contribution in [2.24, 2.45) is 0 Å². The molecule has 1 heterocycles. The first-order chi connectivity index (χ1) is 10.1. The molecule has 0 saturated heterocycles. The second kappa shape index (κ2) is 6.85. The summed E-state index contributed by atoms with van der Waals surface area (Å²) in [6.07, 6.45) is 1.67. The number of pyridine rings is 1. The fourth-order valence-electron chi connectivity index (χ4n) is 1.94. The summed E-state index contributed by atoms with van der Waals surface area (Å²) in [7, 11) is 1.90. The summed E-state index contributed by atoms with van der Waals surface area (Å²) >= 11 is 0. The second-order valence-electron chi connectivity index (χ2n) is 4.93. The van der Waals surface area contributed by atoms with E-state index < -0.39 is 0 Å². The number of aryl methyl sites for hydroxylation is 1. The van der Waals surface area contributed by atoms with Crippen LogP contribution in [0.25, 0.3) is 0 Å². The Hall–Kier alpha value is -2.40. The number of rotatable bonds is 4. The molecule has 2 aromatic rings. The van der Waals surface area contributed by atoms with Crippen molar-refractivity contribution in [3.05, 3.63) is 53.7 Å². The SMILES string of the molecule is CNC(C)c1cccc(NC(=O)Nc2cc(C)ccn2)c1. The summed E-state index contributed by atoms with van der Waals surface area (Å²) in [6, 6.07) is 11.4. The number of carbonyl (C=O) groups is 1. The van der Waals surface area contributed by atoms with Gasteiger partial charge < -0.3 is 10.6 Å². The predicted molar refractivity (Wildman–Crippen MR) is 85.5 cm³/mol. The number of nitrogens with one attached hydrogen (secondary N) is 3. The number of amides is 2. The van der Waals surface area contributed by atoms with Crippen molar-refractivity contribution in [3.8, 4) is 0 Å². The quantitative estimate of drug-likeness (QED) is 0.807. The minimum atomic E-state index is -0.303. The Kier molecular flexibility index (Phi) is 4.90. The lowest BCUT2D eigenvalue weighted by atomic mass is 10.1. The Morgan fingerprint density at radius 2 is 2.00 bits per heavy atom. The van der Waals surface area contributed by atoms with Crippen molar-refractivity contribution in [3.63, 3.8) is 0 Å². The van der Waals surface area contributed by atoms with Crippen molar-refractivity contribution < 1.29 is 4.79 Å². The maximum Gasteiger partial charge on any atom is 0.324 e. The molecule has 0 bridgehead atoms. The smallest absolute Gasteiger partial charge is 0.313 e. The molecule has 0 aliphatic rings. The molecule has 0 aliphatic carbocycles. The molecule has 5 nitrogen and oxygen atoms in total. The van der Waals surface area contributed by atoms with E-state index in [1.807, 2.05) is 50.4 Å². The lowest BCUT2D eigenvalue weighted by Gasteiger charge is -2.13. The summed E-state index contributed by atoms with van der Waals surface area (Å²) in [6.45, 7) is 4.02. The van der Waals surface area contributed by atoms with Crippen LogP contribution in [-0.2, 0) is 0 Å². The minimum absolute atomic E-state index is 0.230. The van der Waals surface area contributed by atoms with E-state index in [1.54, 1.807) is 6.20 Å². The van der Waals surface area contributed by atoms with E-state index in [1.165, 1.54) is 0 Å². The summed E-state index contributed by atoms with van der Waals surface area (Å²) < 4.78 is 0. The summed E-state index contributed by atoms with van der Waals surface area (Å²) in [5.41, 5.74) is 2.91. The molecule has 0 fully saturated rings. The molecule has 0 saturated carbocycles. The maximum atomic E-state index is 12.0. The third-order valence-electron chi connectivity index (χ3n) is 3.23. The summed E-state index contributed by atoms with van der Waals surface area (Å²) in [4.78, 5) is 16.1. The molecule has 0 spiro atoms. The van der Waals surface area contributed by atoms with Crippen molar-refractivity contribution in [2.45, 2.75) is 19.9 Å². The van der Waals surface area contributed by atoms with Gasteiger partial charge in [-0.1, -0.05) is 12.1 Å². The molecule has 1 aromatic heterocycles. The van der Waals surface area contributed by atoms with Gasteiger partial charge in [-0.25, -0.2) is 9.78 Å². The lowest BCUT2D eigenvalue weighted by molar-refractivity contribution is 0.262. The molecule has 1 unspecified atom stereocenters. The molecule has 3 N–H and O–H groups in total. The van der Waals surface area contributed by atoms with Crippen LogP contribution in [0.1, 0.15) is 24.1 Å². The Labute approximate surface area is 124 Å². The molecule has 1 aromatic carbocycles. The van der Waals surface area contributed by atoms with Crippen LogP contribution < -0.4 is 16.0 Å². The molecule has 5 heteroatoms. The highest BCUT2D eigenvalue weighted by atomic mass is 16.2. The molecule has 21 heavy (non-hydrogen) atoms. The number of carbonyl (C=O) groups excluding carboxylic acids is 1. The zero-order chi connectivity index (χ0) is 15.2. The second-order valence-corrected chi connectivity index (χ2v) is 4.93. The van der Waals surface area contributed by atoms with E-state index in [-0.39, 0.29) is 12.1 Å². The van der Waals surface area contributed by atoms with E-state index in [0.717, 1.165) is 16.8 Å². The van der Waals surface area contributed by atoms with Crippen molar-refractivity contribution in [2.75, 3.05) is 17.7 Å². The standard InChI is InChI=1S/C16H20N4O/c1-11-7-8-18-15(9-11)20-16(21)19-14-6-4-5-13(10-14)12(2)17-3/h4-10,12,17H,1-3H3,(H2,18,19,20,21). The number of hydrogen-bond donors (Lipinski definition) is 3. The number of benzene rings is 1. The average molecular weight is 284 g/mol. The molecule has 110 valence electrons. The first-order valence-corrected chi connectivity index (χ1v) is 6.86. The van der Waals surface area contributed by atoms with Gasteiger partial charge >= 0.3 is 6.03 Å². The van der Waals surface area contributed by atoms with Gasteiger partial charge in [0.2, 0.25) is 0 Å². The molecular weight excluding hydrogens is 264 g/mol. The fraction of sp³-hybridized carbons (Fsp3) is 0.250. The topological polar surface area (TPSA) is 66.0 Å². The van der Waals surface area contributed by atoms with E-state index in [9.17, 15) is 4.79 Å². The van der Waals surface area contributed by atoms with Crippen LogP contribution in [0.3, 0.4) is 0 Å². The third kappa shape index (κ3) is 4.29. The van der Waals surface area contributed by atoms with Crippen LogP contribution in [0.15, 0.2) is 42.6 Å². The maximum absolute atomic E-state index is 12.0. The molecule has 2 amide bonds. The third-order valence-corrected chi connectivity index (χ3v) is 3.23. The van der Waals surface area contributed by atoms with Crippen LogP contribution in [0.2, 0.25) is 0 Å². The van der Waals surface area contributed by atoms with Gasteiger partial charge in [0.25, 0.3) is 0 Å². The predicted octanol–water partition coefficient (Wildman–Crippen LogP) is 3.31. The van der Waals surface area contributed by atoms with Crippen LogP contribution in [0.4, 0.5) is 16.3 Å². The molecule has 0 radical (unpaired) electrons. The first kappa shape index (κ1) is 15.0. The highest BCUT2D eigenvalue weighted by Crippen LogP contribution is 2.17. The highest BCUT2D eigenvalue weighted by molar-refractivity contribution is 5.99. The molecule has 2 rings (SSSR count). The lowest BCUT2D eigenvalue weighted by Crippen LogP contribution is -2.20. The van der Waals surface area contributed by atoms with Gasteiger partial charge in [0, 0.05) is 17.9 Å². The van der Waals surface area contributed by atoms with Crippen LogP contribution in [-0.4, -0.2) is 18.1 Å². The Morgan fingerprint density at radius 3 is 2.71 bits per heavy atom. The number of urea groups is 1. The van der Waals surface area contributed by atoms with E-state index in [0.29, 0.717) is 5.82 Å². The van der Waals surface area contributed by atoms with E-state index >= 15 is 0 Å². The molecule has 1 atom stereocenters. The van der Waals surface area contributed by atoms with E-state index in [4.69, 9.17) is 0 Å². The van der Waals surface area contributed by atoms with Gasteiger partial charge in [0.05, 0.1) is 0 Å². The zero-order valence-electron chi connectivity index (χ0n) is 12.5.